The Morgan fingerprint density at radius 1 is 1.20 bits per heavy atom. The summed E-state index contributed by atoms with van der Waals surface area (Å²) in [4.78, 5) is 21.2. The van der Waals surface area contributed by atoms with E-state index in [-0.39, 0.29) is 5.91 Å². The van der Waals surface area contributed by atoms with E-state index in [4.69, 9.17) is 11.6 Å². The summed E-state index contributed by atoms with van der Waals surface area (Å²) in [5.41, 5.74) is 1.93. The molecule has 0 N–H and O–H groups in total. The Hall–Kier alpha value is -1.91. The fourth-order valence-corrected chi connectivity index (χ4v) is 3.51. The van der Waals surface area contributed by atoms with E-state index in [1.54, 1.807) is 18.3 Å². The number of benzene rings is 1. The maximum absolute atomic E-state index is 12.8. The minimum atomic E-state index is 0.0460. The van der Waals surface area contributed by atoms with Gasteiger partial charge in [-0.05, 0) is 24.1 Å². The van der Waals surface area contributed by atoms with E-state index >= 15 is 0 Å². The maximum Gasteiger partial charge on any atom is 0.255 e. The van der Waals surface area contributed by atoms with Gasteiger partial charge < -0.3 is 4.90 Å². The molecule has 2 aromatic rings. The number of halogens is 1. The summed E-state index contributed by atoms with van der Waals surface area (Å²) >= 11 is 5.82. The van der Waals surface area contributed by atoms with E-state index in [9.17, 15) is 4.79 Å². The number of carbonyl (C=O) groups is 1. The van der Waals surface area contributed by atoms with Crippen molar-refractivity contribution in [1.82, 2.24) is 14.8 Å². The quantitative estimate of drug-likeness (QED) is 0.762. The third kappa shape index (κ3) is 4.59. The van der Waals surface area contributed by atoms with Crippen LogP contribution in [0.1, 0.15) is 35.7 Å². The van der Waals surface area contributed by atoms with E-state index in [1.165, 1.54) is 5.56 Å². The molecule has 0 aliphatic carbocycles. The smallest absolute Gasteiger partial charge is 0.255 e. The highest BCUT2D eigenvalue weighted by atomic mass is 35.5. The van der Waals surface area contributed by atoms with Crippen molar-refractivity contribution >= 4 is 17.5 Å². The number of nitrogens with zero attached hydrogens (tertiary/aromatic N) is 3. The maximum atomic E-state index is 12.8. The van der Waals surface area contributed by atoms with Crippen LogP contribution in [0.3, 0.4) is 0 Å². The SMILES string of the molecule is CCC[C@@H]1CN(C(=O)c2ccc(Cl)nc2)CCN1Cc1ccccc1. The summed E-state index contributed by atoms with van der Waals surface area (Å²) in [6.45, 7) is 5.55. The highest BCUT2D eigenvalue weighted by molar-refractivity contribution is 6.29. The van der Waals surface area contributed by atoms with Gasteiger partial charge in [-0.2, -0.15) is 0 Å². The van der Waals surface area contributed by atoms with Crippen molar-refractivity contribution in [2.75, 3.05) is 19.6 Å². The molecule has 1 fully saturated rings. The molecule has 132 valence electrons. The summed E-state index contributed by atoms with van der Waals surface area (Å²) in [6.07, 6.45) is 3.77. The lowest BCUT2D eigenvalue weighted by atomic mass is 10.0. The van der Waals surface area contributed by atoms with Crippen molar-refractivity contribution < 1.29 is 4.79 Å². The van der Waals surface area contributed by atoms with Crippen LogP contribution in [0, 0.1) is 0 Å². The van der Waals surface area contributed by atoms with Crippen molar-refractivity contribution in [3.8, 4) is 0 Å². The van der Waals surface area contributed by atoms with Crippen molar-refractivity contribution in [2.24, 2.45) is 0 Å². The van der Waals surface area contributed by atoms with Crippen LogP contribution in [0.25, 0.3) is 0 Å². The van der Waals surface area contributed by atoms with Gasteiger partial charge in [-0.15, -0.1) is 0 Å². The monoisotopic (exact) mass is 357 g/mol. The zero-order valence-electron chi connectivity index (χ0n) is 14.6. The summed E-state index contributed by atoms with van der Waals surface area (Å²) in [5.74, 6) is 0.0460. The van der Waals surface area contributed by atoms with Gasteiger partial charge in [-0.25, -0.2) is 4.98 Å². The summed E-state index contributed by atoms with van der Waals surface area (Å²) in [7, 11) is 0. The Morgan fingerprint density at radius 2 is 2.00 bits per heavy atom. The van der Waals surface area contributed by atoms with Crippen LogP contribution in [0.5, 0.6) is 0 Å². The number of piperazine rings is 1. The molecule has 1 aliphatic rings. The molecule has 1 aromatic heterocycles. The van der Waals surface area contributed by atoms with Crippen LogP contribution in [0.4, 0.5) is 0 Å². The molecule has 1 aliphatic heterocycles. The lowest BCUT2D eigenvalue weighted by Crippen LogP contribution is -2.54. The number of hydrogen-bond donors (Lipinski definition) is 0. The Morgan fingerprint density at radius 3 is 2.68 bits per heavy atom. The van der Waals surface area contributed by atoms with Crippen LogP contribution in [0.2, 0.25) is 5.15 Å². The first-order valence-electron chi connectivity index (χ1n) is 8.86. The van der Waals surface area contributed by atoms with E-state index < -0.39 is 0 Å². The van der Waals surface area contributed by atoms with Gasteiger partial charge in [-0.3, -0.25) is 9.69 Å². The number of carbonyl (C=O) groups excluding carboxylic acids is 1. The molecule has 0 radical (unpaired) electrons. The minimum Gasteiger partial charge on any atom is -0.336 e. The Balaban J connectivity index is 1.68. The second-order valence-corrected chi connectivity index (χ2v) is 6.91. The van der Waals surface area contributed by atoms with Crippen LogP contribution in [-0.2, 0) is 6.54 Å². The van der Waals surface area contributed by atoms with E-state index in [0.29, 0.717) is 16.8 Å². The first-order valence-corrected chi connectivity index (χ1v) is 9.24. The molecule has 3 rings (SSSR count). The van der Waals surface area contributed by atoms with Gasteiger partial charge >= 0.3 is 0 Å². The van der Waals surface area contributed by atoms with Gasteiger partial charge in [0, 0.05) is 38.4 Å². The lowest BCUT2D eigenvalue weighted by Gasteiger charge is -2.41. The number of pyridine rings is 1. The molecule has 25 heavy (non-hydrogen) atoms. The number of hydrogen-bond acceptors (Lipinski definition) is 3. The van der Waals surface area contributed by atoms with Gasteiger partial charge in [-0.1, -0.05) is 55.3 Å². The summed E-state index contributed by atoms with van der Waals surface area (Å²) in [6, 6.07) is 14.4. The van der Waals surface area contributed by atoms with Crippen LogP contribution in [0.15, 0.2) is 48.7 Å². The van der Waals surface area contributed by atoms with Crippen LogP contribution in [-0.4, -0.2) is 46.4 Å². The third-order valence-electron chi connectivity index (χ3n) is 4.72. The molecule has 0 spiro atoms. The van der Waals surface area contributed by atoms with Gasteiger partial charge in [0.1, 0.15) is 5.15 Å². The summed E-state index contributed by atoms with van der Waals surface area (Å²) < 4.78 is 0. The minimum absolute atomic E-state index is 0.0460. The zero-order valence-corrected chi connectivity index (χ0v) is 15.3. The third-order valence-corrected chi connectivity index (χ3v) is 4.94. The fourth-order valence-electron chi connectivity index (χ4n) is 3.40. The van der Waals surface area contributed by atoms with Crippen LogP contribution >= 0.6 is 11.6 Å². The molecule has 1 saturated heterocycles. The molecular weight excluding hydrogens is 334 g/mol. The van der Waals surface area contributed by atoms with Crippen molar-refractivity contribution in [2.45, 2.75) is 32.4 Å². The molecule has 1 amide bonds. The number of amides is 1. The Bertz CT molecular complexity index is 690. The predicted molar refractivity (Wildman–Crippen MR) is 101 cm³/mol. The topological polar surface area (TPSA) is 36.4 Å². The number of rotatable bonds is 5. The molecule has 1 atom stereocenters. The average molecular weight is 358 g/mol. The fraction of sp³-hybridized carbons (Fsp3) is 0.400. The number of aromatic nitrogens is 1. The lowest BCUT2D eigenvalue weighted by molar-refractivity contribution is 0.0437. The van der Waals surface area contributed by atoms with E-state index in [1.807, 2.05) is 11.0 Å². The highest BCUT2D eigenvalue weighted by Crippen LogP contribution is 2.19. The second kappa shape index (κ2) is 8.45. The molecule has 0 saturated carbocycles. The summed E-state index contributed by atoms with van der Waals surface area (Å²) in [5, 5.41) is 0.410. The van der Waals surface area contributed by atoms with Gasteiger partial charge in [0.05, 0.1) is 5.56 Å². The zero-order chi connectivity index (χ0) is 17.6. The molecule has 0 bridgehead atoms. The van der Waals surface area contributed by atoms with Crippen LogP contribution < -0.4 is 0 Å². The first kappa shape index (κ1) is 17.9. The Kier molecular flexibility index (Phi) is 6.05. The van der Waals surface area contributed by atoms with Gasteiger partial charge in [0.25, 0.3) is 5.91 Å². The highest BCUT2D eigenvalue weighted by Gasteiger charge is 2.29. The van der Waals surface area contributed by atoms with Crippen molar-refractivity contribution in [1.29, 1.82) is 0 Å². The second-order valence-electron chi connectivity index (χ2n) is 6.52. The standard InChI is InChI=1S/C20H24ClN3O/c1-2-6-18-15-24(20(25)17-9-10-19(21)22-13-17)12-11-23(18)14-16-7-4-3-5-8-16/h3-5,7-10,13,18H,2,6,11-12,14-15H2,1H3/t18-/m1/s1. The molecule has 4 nitrogen and oxygen atoms in total. The molecule has 0 unspecified atom stereocenters. The largest absolute Gasteiger partial charge is 0.336 e. The molecule has 2 heterocycles. The predicted octanol–water partition coefficient (Wildman–Crippen LogP) is 3.86. The van der Waals surface area contributed by atoms with E-state index in [2.05, 4.69) is 41.1 Å². The van der Waals surface area contributed by atoms with Gasteiger partial charge in [0.15, 0.2) is 0 Å². The van der Waals surface area contributed by atoms with Gasteiger partial charge in [0.2, 0.25) is 0 Å². The molecule has 5 heteroatoms. The Labute approximate surface area is 154 Å². The molecule has 1 aromatic carbocycles. The van der Waals surface area contributed by atoms with Crippen molar-refractivity contribution in [3.05, 3.63) is 64.9 Å². The van der Waals surface area contributed by atoms with E-state index in [0.717, 1.165) is 39.0 Å². The first-order chi connectivity index (χ1) is 12.2. The average Bonchev–Trinajstić information content (AvgIpc) is 2.64. The normalized spacial score (nSPS) is 18.3. The van der Waals surface area contributed by atoms with Crippen molar-refractivity contribution in [3.63, 3.8) is 0 Å². The molecular formula is C20H24ClN3O.